The molecule has 0 saturated carbocycles. The molecule has 0 radical (unpaired) electrons. The molecule has 0 spiro atoms. The van der Waals surface area contributed by atoms with Crippen molar-refractivity contribution >= 4 is 10.8 Å². The normalized spacial score (nSPS) is 15.8. The second-order valence-corrected chi connectivity index (χ2v) is 5.34. The van der Waals surface area contributed by atoms with Crippen LogP contribution in [-0.2, 0) is 11.3 Å². The fourth-order valence-electron chi connectivity index (χ4n) is 2.21. The van der Waals surface area contributed by atoms with Gasteiger partial charge in [-0.05, 0) is 29.3 Å². The van der Waals surface area contributed by atoms with Crippen LogP contribution in [0.25, 0.3) is 10.8 Å². The van der Waals surface area contributed by atoms with E-state index in [1.165, 1.54) is 5.39 Å². The minimum atomic E-state index is -0.910. The molecular weight excluding hydrogens is 268 g/mol. The molecule has 0 aliphatic carbocycles. The van der Waals surface area contributed by atoms with Crippen molar-refractivity contribution in [3.63, 3.8) is 0 Å². The van der Waals surface area contributed by atoms with E-state index in [0.29, 0.717) is 6.61 Å². The number of aliphatic hydroxyl groups excluding tert-OH is 3. The predicted octanol–water partition coefficient (Wildman–Crippen LogP) is 1.85. The van der Waals surface area contributed by atoms with Gasteiger partial charge in [0.15, 0.2) is 0 Å². The lowest BCUT2D eigenvalue weighted by Gasteiger charge is -2.21. The fourth-order valence-corrected chi connectivity index (χ4v) is 2.21. The quantitative estimate of drug-likeness (QED) is 0.728. The van der Waals surface area contributed by atoms with Gasteiger partial charge in [-0.2, -0.15) is 0 Å². The van der Waals surface area contributed by atoms with Crippen LogP contribution < -0.4 is 0 Å². The van der Waals surface area contributed by atoms with E-state index in [9.17, 15) is 10.2 Å². The molecule has 0 aliphatic rings. The van der Waals surface area contributed by atoms with Crippen LogP contribution in [0.3, 0.4) is 0 Å². The number of aliphatic hydroxyl groups is 3. The molecule has 2 aromatic rings. The summed E-state index contributed by atoms with van der Waals surface area (Å²) >= 11 is 0. The zero-order valence-corrected chi connectivity index (χ0v) is 12.1. The maximum absolute atomic E-state index is 9.87. The highest BCUT2D eigenvalue weighted by molar-refractivity contribution is 5.82. The molecule has 0 saturated heterocycles. The van der Waals surface area contributed by atoms with E-state index in [0.717, 1.165) is 10.9 Å². The number of ether oxygens (including phenoxy) is 1. The Balaban J connectivity index is 1.91. The van der Waals surface area contributed by atoms with Gasteiger partial charge in [0.1, 0.15) is 0 Å². The fraction of sp³-hybridized carbons (Fsp3) is 0.412. The van der Waals surface area contributed by atoms with Crippen LogP contribution in [0.5, 0.6) is 0 Å². The standard InChI is InChI=1S/C17H22O4/c1-12(17(20)9-16(19)10-18)21-11-13-6-7-14-4-2-3-5-15(14)8-13/h2-8,12,16-20H,9-11H2,1H3/t12-,16-,17-/m0/s1. The van der Waals surface area contributed by atoms with Crippen molar-refractivity contribution in [1.82, 2.24) is 0 Å². The maximum atomic E-state index is 9.87. The van der Waals surface area contributed by atoms with Gasteiger partial charge in [-0.1, -0.05) is 36.4 Å². The summed E-state index contributed by atoms with van der Waals surface area (Å²) in [6.07, 6.45) is -2.01. The first-order chi connectivity index (χ1) is 10.1. The van der Waals surface area contributed by atoms with E-state index in [2.05, 4.69) is 18.2 Å². The zero-order valence-electron chi connectivity index (χ0n) is 12.1. The second-order valence-electron chi connectivity index (χ2n) is 5.34. The molecule has 2 aromatic carbocycles. The lowest BCUT2D eigenvalue weighted by molar-refractivity contribution is -0.0581. The van der Waals surface area contributed by atoms with Gasteiger partial charge in [-0.15, -0.1) is 0 Å². The highest BCUT2D eigenvalue weighted by Gasteiger charge is 2.18. The Hall–Kier alpha value is -1.46. The van der Waals surface area contributed by atoms with Gasteiger partial charge in [-0.3, -0.25) is 0 Å². The summed E-state index contributed by atoms with van der Waals surface area (Å²) in [6.45, 7) is 1.81. The minimum absolute atomic E-state index is 0.107. The smallest absolute Gasteiger partial charge is 0.0824 e. The maximum Gasteiger partial charge on any atom is 0.0824 e. The van der Waals surface area contributed by atoms with Gasteiger partial charge in [0.25, 0.3) is 0 Å². The Morgan fingerprint density at radius 3 is 2.48 bits per heavy atom. The van der Waals surface area contributed by atoms with Crippen molar-refractivity contribution < 1.29 is 20.1 Å². The van der Waals surface area contributed by atoms with E-state index in [1.807, 2.05) is 24.3 Å². The van der Waals surface area contributed by atoms with E-state index >= 15 is 0 Å². The lowest BCUT2D eigenvalue weighted by atomic mass is 10.1. The van der Waals surface area contributed by atoms with Crippen molar-refractivity contribution in [2.75, 3.05) is 6.61 Å². The van der Waals surface area contributed by atoms with Gasteiger partial charge in [0.05, 0.1) is 31.5 Å². The van der Waals surface area contributed by atoms with Crippen LogP contribution >= 0.6 is 0 Å². The summed E-state index contributed by atoms with van der Waals surface area (Å²) < 4.78 is 5.64. The Bertz CT molecular complexity index is 569. The second kappa shape index (κ2) is 7.52. The third kappa shape index (κ3) is 4.51. The van der Waals surface area contributed by atoms with Gasteiger partial charge in [0.2, 0.25) is 0 Å². The minimum Gasteiger partial charge on any atom is -0.394 e. The highest BCUT2D eigenvalue weighted by atomic mass is 16.5. The third-order valence-corrected chi connectivity index (χ3v) is 3.59. The van der Waals surface area contributed by atoms with Crippen molar-refractivity contribution in [3.05, 3.63) is 48.0 Å². The number of rotatable bonds is 7. The van der Waals surface area contributed by atoms with Gasteiger partial charge >= 0.3 is 0 Å². The highest BCUT2D eigenvalue weighted by Crippen LogP contribution is 2.17. The molecule has 0 bridgehead atoms. The van der Waals surface area contributed by atoms with E-state index in [1.54, 1.807) is 6.92 Å². The summed E-state index contributed by atoms with van der Waals surface area (Å²) in [5, 5.41) is 30.3. The molecule has 0 heterocycles. The molecular formula is C17H22O4. The first-order valence-electron chi connectivity index (χ1n) is 7.16. The average Bonchev–Trinajstić information content (AvgIpc) is 2.52. The number of hydrogen-bond donors (Lipinski definition) is 3. The van der Waals surface area contributed by atoms with Crippen molar-refractivity contribution in [3.8, 4) is 0 Å². The molecule has 0 aromatic heterocycles. The Morgan fingerprint density at radius 1 is 1.05 bits per heavy atom. The first-order valence-corrected chi connectivity index (χ1v) is 7.16. The summed E-state index contributed by atoms with van der Waals surface area (Å²) in [7, 11) is 0. The van der Waals surface area contributed by atoms with Crippen LogP contribution in [0.4, 0.5) is 0 Å². The van der Waals surface area contributed by atoms with Crippen molar-refractivity contribution in [1.29, 1.82) is 0 Å². The molecule has 0 amide bonds. The summed E-state index contributed by atoms with van der Waals surface area (Å²) in [5.41, 5.74) is 1.04. The molecule has 21 heavy (non-hydrogen) atoms. The molecule has 2 rings (SSSR count). The summed E-state index contributed by atoms with van der Waals surface area (Å²) in [6, 6.07) is 14.2. The van der Waals surface area contributed by atoms with Crippen molar-refractivity contribution in [2.45, 2.75) is 38.3 Å². The molecule has 4 nitrogen and oxygen atoms in total. The molecule has 4 heteroatoms. The largest absolute Gasteiger partial charge is 0.394 e. The van der Waals surface area contributed by atoms with Crippen molar-refractivity contribution in [2.24, 2.45) is 0 Å². The first kappa shape index (κ1) is 15.9. The molecule has 0 fully saturated rings. The molecule has 0 aliphatic heterocycles. The lowest BCUT2D eigenvalue weighted by Crippen LogP contribution is -2.31. The summed E-state index contributed by atoms with van der Waals surface area (Å²) in [4.78, 5) is 0. The van der Waals surface area contributed by atoms with E-state index in [-0.39, 0.29) is 13.0 Å². The SMILES string of the molecule is C[C@H](OCc1ccc2ccccc2c1)[C@@H](O)C[C@H](O)CO. The Labute approximate surface area is 124 Å². The number of hydrogen-bond acceptors (Lipinski definition) is 4. The Kier molecular flexibility index (Phi) is 5.70. The number of fused-ring (bicyclic) bond motifs is 1. The van der Waals surface area contributed by atoms with E-state index in [4.69, 9.17) is 9.84 Å². The van der Waals surface area contributed by atoms with Gasteiger partial charge in [0, 0.05) is 6.42 Å². The van der Waals surface area contributed by atoms with Crippen LogP contribution in [0.2, 0.25) is 0 Å². The summed E-state index contributed by atoms with van der Waals surface area (Å²) in [5.74, 6) is 0. The third-order valence-electron chi connectivity index (χ3n) is 3.59. The average molecular weight is 290 g/mol. The zero-order chi connectivity index (χ0) is 15.2. The van der Waals surface area contributed by atoms with Crippen LogP contribution in [-0.4, -0.2) is 40.2 Å². The van der Waals surface area contributed by atoms with Crippen LogP contribution in [0, 0.1) is 0 Å². The van der Waals surface area contributed by atoms with Crippen LogP contribution in [0.15, 0.2) is 42.5 Å². The van der Waals surface area contributed by atoms with Crippen LogP contribution in [0.1, 0.15) is 18.9 Å². The van der Waals surface area contributed by atoms with E-state index < -0.39 is 18.3 Å². The molecule has 3 atom stereocenters. The molecule has 0 unspecified atom stereocenters. The number of benzene rings is 2. The Morgan fingerprint density at radius 2 is 1.76 bits per heavy atom. The monoisotopic (exact) mass is 290 g/mol. The topological polar surface area (TPSA) is 69.9 Å². The van der Waals surface area contributed by atoms with Gasteiger partial charge in [-0.25, -0.2) is 0 Å². The molecule has 114 valence electrons. The van der Waals surface area contributed by atoms with Gasteiger partial charge < -0.3 is 20.1 Å². The predicted molar refractivity (Wildman–Crippen MR) is 81.9 cm³/mol. The molecule has 3 N–H and O–H groups in total.